The van der Waals surface area contributed by atoms with Crippen LogP contribution in [-0.4, -0.2) is 13.3 Å². The Labute approximate surface area is 76.7 Å². The van der Waals surface area contributed by atoms with E-state index in [0.717, 1.165) is 5.69 Å². The molecule has 2 N–H and O–H groups in total. The molecule has 0 unspecified atom stereocenters. The number of nitrogen functional groups attached to an aromatic ring is 1. The average molecular weight is 183 g/mol. The first-order valence-corrected chi connectivity index (χ1v) is 6.47. The second kappa shape index (κ2) is 6.02. The van der Waals surface area contributed by atoms with Gasteiger partial charge < -0.3 is 5.73 Å². The minimum absolute atomic E-state index is 0.0414. The standard InChI is InChI=1S/C8H12NP.C2H6/c1-10(2)8-6-4-3-5-7(8)9;1-2/h3-6H,9H2,1-2H3;1-2H3. The zero-order chi connectivity index (χ0) is 9.56. The average Bonchev–Trinajstić information content (AvgIpc) is 2.08. The molecule has 0 saturated carbocycles. The van der Waals surface area contributed by atoms with Crippen molar-refractivity contribution in [1.29, 1.82) is 0 Å². The van der Waals surface area contributed by atoms with Gasteiger partial charge in [0, 0.05) is 5.69 Å². The summed E-state index contributed by atoms with van der Waals surface area (Å²) in [5, 5.41) is 1.30. The van der Waals surface area contributed by atoms with Gasteiger partial charge >= 0.3 is 0 Å². The Morgan fingerprint density at radius 1 is 1.08 bits per heavy atom. The first kappa shape index (κ1) is 11.4. The van der Waals surface area contributed by atoms with Crippen molar-refractivity contribution < 1.29 is 0 Å². The van der Waals surface area contributed by atoms with Crippen molar-refractivity contribution in [3.63, 3.8) is 0 Å². The van der Waals surface area contributed by atoms with Crippen LogP contribution in [0.3, 0.4) is 0 Å². The predicted octanol–water partition coefficient (Wildman–Crippen LogP) is 2.66. The van der Waals surface area contributed by atoms with Crippen molar-refractivity contribution >= 4 is 18.9 Å². The summed E-state index contributed by atoms with van der Waals surface area (Å²) < 4.78 is 0. The van der Waals surface area contributed by atoms with E-state index in [2.05, 4.69) is 19.4 Å². The van der Waals surface area contributed by atoms with Crippen molar-refractivity contribution in [2.45, 2.75) is 13.8 Å². The Balaban J connectivity index is 0.000000561. The Hall–Kier alpha value is -0.550. The van der Waals surface area contributed by atoms with Crippen molar-refractivity contribution in [3.8, 4) is 0 Å². The Kier molecular flexibility index (Phi) is 5.74. The zero-order valence-electron chi connectivity index (χ0n) is 8.33. The summed E-state index contributed by atoms with van der Waals surface area (Å²) in [6, 6.07) is 8.06. The first-order chi connectivity index (χ1) is 5.72. The van der Waals surface area contributed by atoms with Gasteiger partial charge in [0.15, 0.2) is 0 Å². The smallest absolute Gasteiger partial charge is 0.0391 e. The van der Waals surface area contributed by atoms with E-state index in [1.54, 1.807) is 0 Å². The molecule has 0 aliphatic carbocycles. The lowest BCUT2D eigenvalue weighted by atomic mass is 10.3. The molecule has 0 atom stereocenters. The maximum absolute atomic E-state index is 5.74. The molecule has 0 amide bonds. The third-order valence-corrected chi connectivity index (χ3v) is 2.79. The van der Waals surface area contributed by atoms with Gasteiger partial charge in [0.25, 0.3) is 0 Å². The van der Waals surface area contributed by atoms with Gasteiger partial charge in [-0.1, -0.05) is 40.0 Å². The summed E-state index contributed by atoms with van der Waals surface area (Å²) in [6.45, 7) is 8.42. The molecular formula is C10H18NP. The molecule has 1 aromatic carbocycles. The topological polar surface area (TPSA) is 26.0 Å². The van der Waals surface area contributed by atoms with Gasteiger partial charge in [-0.3, -0.25) is 0 Å². The second-order valence-electron chi connectivity index (χ2n) is 2.45. The molecule has 0 heterocycles. The van der Waals surface area contributed by atoms with Crippen molar-refractivity contribution in [2.75, 3.05) is 19.1 Å². The molecule has 0 aliphatic rings. The van der Waals surface area contributed by atoms with Crippen LogP contribution in [-0.2, 0) is 0 Å². The number of nitrogens with two attached hydrogens (primary N) is 1. The molecule has 0 aromatic heterocycles. The van der Waals surface area contributed by atoms with Crippen LogP contribution in [0.4, 0.5) is 5.69 Å². The molecule has 0 fully saturated rings. The predicted molar refractivity (Wildman–Crippen MR) is 60.6 cm³/mol. The van der Waals surface area contributed by atoms with Gasteiger partial charge in [-0.15, -0.1) is 0 Å². The molecule has 1 rings (SSSR count). The maximum Gasteiger partial charge on any atom is 0.0391 e. The molecule has 1 aromatic rings. The SMILES string of the molecule is CC.CP(C)c1ccccc1N. The molecule has 0 saturated heterocycles. The number of para-hydroxylation sites is 1. The molecule has 0 bridgehead atoms. The van der Waals surface area contributed by atoms with Crippen molar-refractivity contribution in [1.82, 2.24) is 0 Å². The molecule has 12 heavy (non-hydrogen) atoms. The number of anilines is 1. The summed E-state index contributed by atoms with van der Waals surface area (Å²) in [7, 11) is -0.0414. The quantitative estimate of drug-likeness (QED) is 0.525. The maximum atomic E-state index is 5.74. The fourth-order valence-electron chi connectivity index (χ4n) is 0.895. The number of hydrogen-bond acceptors (Lipinski definition) is 1. The highest BCUT2D eigenvalue weighted by molar-refractivity contribution is 7.64. The molecule has 0 radical (unpaired) electrons. The second-order valence-corrected chi connectivity index (χ2v) is 4.72. The van der Waals surface area contributed by atoms with Crippen molar-refractivity contribution in [3.05, 3.63) is 24.3 Å². The van der Waals surface area contributed by atoms with Crippen LogP contribution in [0.1, 0.15) is 13.8 Å². The first-order valence-electron chi connectivity index (χ1n) is 4.23. The van der Waals surface area contributed by atoms with Gasteiger partial charge in [-0.2, -0.15) is 0 Å². The summed E-state index contributed by atoms with van der Waals surface area (Å²) in [5.41, 5.74) is 6.67. The summed E-state index contributed by atoms with van der Waals surface area (Å²) in [5.74, 6) is 0. The fourth-order valence-corrected chi connectivity index (χ4v) is 1.87. The van der Waals surface area contributed by atoms with Crippen molar-refractivity contribution in [2.24, 2.45) is 0 Å². The van der Waals surface area contributed by atoms with Crippen LogP contribution in [0.25, 0.3) is 0 Å². The monoisotopic (exact) mass is 183 g/mol. The molecular weight excluding hydrogens is 165 g/mol. The highest BCUT2D eigenvalue weighted by Crippen LogP contribution is 2.25. The molecule has 0 spiro atoms. The Morgan fingerprint density at radius 2 is 1.58 bits per heavy atom. The number of rotatable bonds is 1. The van der Waals surface area contributed by atoms with E-state index in [0.29, 0.717) is 0 Å². The van der Waals surface area contributed by atoms with Crippen LogP contribution in [0.15, 0.2) is 24.3 Å². The van der Waals surface area contributed by atoms with E-state index in [4.69, 9.17) is 5.73 Å². The lowest BCUT2D eigenvalue weighted by molar-refractivity contribution is 1.50. The highest BCUT2D eigenvalue weighted by Gasteiger charge is 1.99. The normalized spacial score (nSPS) is 9.08. The molecule has 68 valence electrons. The van der Waals surface area contributed by atoms with E-state index in [-0.39, 0.29) is 7.92 Å². The van der Waals surface area contributed by atoms with E-state index in [1.807, 2.05) is 32.0 Å². The fraction of sp³-hybridized carbons (Fsp3) is 0.400. The van der Waals surface area contributed by atoms with Gasteiger partial charge in [0.1, 0.15) is 0 Å². The largest absolute Gasteiger partial charge is 0.398 e. The van der Waals surface area contributed by atoms with Gasteiger partial charge in [0.05, 0.1) is 0 Å². The lowest BCUT2D eigenvalue weighted by Gasteiger charge is -2.07. The van der Waals surface area contributed by atoms with Crippen LogP contribution in [0, 0.1) is 0 Å². The molecule has 0 aliphatic heterocycles. The van der Waals surface area contributed by atoms with Gasteiger partial charge in [-0.05, 0) is 24.7 Å². The number of benzene rings is 1. The number of hydrogen-bond donors (Lipinski definition) is 1. The van der Waals surface area contributed by atoms with E-state index < -0.39 is 0 Å². The Morgan fingerprint density at radius 3 is 1.92 bits per heavy atom. The van der Waals surface area contributed by atoms with Gasteiger partial charge in [-0.25, -0.2) is 0 Å². The Bertz CT molecular complexity index is 221. The third-order valence-electron chi connectivity index (χ3n) is 1.42. The van der Waals surface area contributed by atoms with E-state index >= 15 is 0 Å². The minimum atomic E-state index is -0.0414. The summed E-state index contributed by atoms with van der Waals surface area (Å²) in [4.78, 5) is 0. The summed E-state index contributed by atoms with van der Waals surface area (Å²) >= 11 is 0. The van der Waals surface area contributed by atoms with E-state index in [9.17, 15) is 0 Å². The highest BCUT2D eigenvalue weighted by atomic mass is 31.1. The molecule has 2 heteroatoms. The zero-order valence-corrected chi connectivity index (χ0v) is 9.23. The minimum Gasteiger partial charge on any atom is -0.398 e. The lowest BCUT2D eigenvalue weighted by Crippen LogP contribution is -2.05. The van der Waals surface area contributed by atoms with Crippen LogP contribution in [0.2, 0.25) is 0 Å². The van der Waals surface area contributed by atoms with Gasteiger partial charge in [0.2, 0.25) is 0 Å². The summed E-state index contributed by atoms with van der Waals surface area (Å²) in [6.07, 6.45) is 0. The molecule has 1 nitrogen and oxygen atoms in total. The van der Waals surface area contributed by atoms with Crippen LogP contribution < -0.4 is 11.0 Å². The third kappa shape index (κ3) is 3.23. The van der Waals surface area contributed by atoms with E-state index in [1.165, 1.54) is 5.30 Å². The van der Waals surface area contributed by atoms with Crippen LogP contribution in [0.5, 0.6) is 0 Å². The van der Waals surface area contributed by atoms with Crippen LogP contribution >= 0.6 is 7.92 Å².